The minimum Gasteiger partial charge on any atom is -0.481 e. The molecule has 42 heavy (non-hydrogen) atoms. The third-order valence-electron chi connectivity index (χ3n) is 7.11. The number of rotatable bonds is 11. The quantitative estimate of drug-likeness (QED) is 0.186. The highest BCUT2D eigenvalue weighted by atomic mass is 19.1. The molecule has 1 atom stereocenters. The van der Waals surface area contributed by atoms with Gasteiger partial charge in [-0.1, -0.05) is 44.4 Å². The van der Waals surface area contributed by atoms with E-state index in [0.29, 0.717) is 46.8 Å². The van der Waals surface area contributed by atoms with E-state index in [1.165, 1.54) is 26.4 Å². The lowest BCUT2D eigenvalue weighted by Gasteiger charge is -2.31. The number of hydrogen-bond donors (Lipinski definition) is 1. The lowest BCUT2D eigenvalue weighted by Crippen LogP contribution is -2.36. The van der Waals surface area contributed by atoms with Crippen LogP contribution in [0.5, 0.6) is 11.6 Å². The smallest absolute Gasteiger partial charge is 0.343 e. The number of nitrogens with zero attached hydrogens (tertiary/aromatic N) is 2. The predicted molar refractivity (Wildman–Crippen MR) is 162 cm³/mol. The third kappa shape index (κ3) is 9.11. The number of ether oxygens (including phenoxy) is 2. The Bertz CT molecular complexity index is 1380. The van der Waals surface area contributed by atoms with Gasteiger partial charge in [0.2, 0.25) is 5.88 Å². The minimum absolute atomic E-state index is 0.210. The number of benzene rings is 2. The molecule has 1 aliphatic carbocycles. The first-order valence-corrected chi connectivity index (χ1v) is 14.5. The number of esters is 1. The van der Waals surface area contributed by atoms with Gasteiger partial charge in [0.15, 0.2) is 0 Å². The number of aryl methyl sites for hydroxylation is 1. The number of carboxylic acid groups (broad SMARTS) is 1. The first-order chi connectivity index (χ1) is 19.9. The molecule has 1 fully saturated rings. The summed E-state index contributed by atoms with van der Waals surface area (Å²) in [5, 5.41) is 9.22. The monoisotopic (exact) mass is 578 g/mol. The van der Waals surface area contributed by atoms with Crippen molar-refractivity contribution in [1.82, 2.24) is 9.88 Å². The molecule has 0 saturated heterocycles. The Kier molecular flexibility index (Phi) is 11.6. The predicted octanol–water partition coefficient (Wildman–Crippen LogP) is 7.48. The van der Waals surface area contributed by atoms with E-state index in [2.05, 4.69) is 37.6 Å². The largest absolute Gasteiger partial charge is 0.481 e. The highest BCUT2D eigenvalue weighted by Gasteiger charge is 2.22. The summed E-state index contributed by atoms with van der Waals surface area (Å²) in [6.07, 6.45) is 5.95. The molecule has 1 N–H and O–H groups in total. The van der Waals surface area contributed by atoms with Crippen molar-refractivity contribution in [2.75, 3.05) is 7.11 Å². The number of carbonyl (C=O) groups excluding carboxylic acids is 1. The summed E-state index contributed by atoms with van der Waals surface area (Å²) < 4.78 is 26.0. The molecule has 8 heteroatoms. The Hall–Kier alpha value is -3.78. The topological polar surface area (TPSA) is 89.0 Å². The van der Waals surface area contributed by atoms with Gasteiger partial charge in [0, 0.05) is 30.3 Å². The van der Waals surface area contributed by atoms with Crippen LogP contribution in [0.4, 0.5) is 4.39 Å². The zero-order valence-corrected chi connectivity index (χ0v) is 25.7. The highest BCUT2D eigenvalue weighted by molar-refractivity contribution is 5.94. The van der Waals surface area contributed by atoms with Gasteiger partial charge in [-0.3, -0.25) is 9.69 Å². The molecule has 3 aromatic rings. The van der Waals surface area contributed by atoms with Gasteiger partial charge in [0.25, 0.3) is 0 Å². The number of halogens is 1. The van der Waals surface area contributed by atoms with E-state index in [0.717, 1.165) is 17.3 Å². The van der Waals surface area contributed by atoms with Crippen molar-refractivity contribution in [3.8, 4) is 22.8 Å². The van der Waals surface area contributed by atoms with Crippen molar-refractivity contribution in [1.29, 1.82) is 0 Å². The Balaban J connectivity index is 0.00000151. The Labute approximate surface area is 248 Å². The van der Waals surface area contributed by atoms with Crippen LogP contribution in [-0.4, -0.2) is 46.1 Å². The first-order valence-electron chi connectivity index (χ1n) is 14.5. The fraction of sp³-hybridized carbons (Fsp3) is 0.441. The van der Waals surface area contributed by atoms with Crippen LogP contribution in [0.2, 0.25) is 0 Å². The van der Waals surface area contributed by atoms with E-state index in [-0.39, 0.29) is 12.1 Å². The molecule has 0 spiro atoms. The molecule has 2 aromatic carbocycles. The first kappa shape index (κ1) is 32.7. The molecule has 0 radical (unpaired) electrons. The van der Waals surface area contributed by atoms with Crippen LogP contribution in [0.1, 0.15) is 80.9 Å². The summed E-state index contributed by atoms with van der Waals surface area (Å²) in [6.45, 7) is 12.3. The van der Waals surface area contributed by atoms with E-state index in [9.17, 15) is 14.7 Å². The maximum Gasteiger partial charge on any atom is 0.343 e. The SMILES string of the molecule is C1CC1.COc1cc(-c2cc(C)c(C(=O)Oc3cccc(CC(C)C(=O)O)c3)cc2CN(C(C)C)C(C)C)c(F)cn1. The molecule has 1 heterocycles. The average molecular weight is 579 g/mol. The molecule has 0 aliphatic heterocycles. The van der Waals surface area contributed by atoms with E-state index in [4.69, 9.17) is 9.47 Å². The molecule has 0 amide bonds. The molecule has 1 saturated carbocycles. The molecule has 226 valence electrons. The fourth-order valence-corrected chi connectivity index (χ4v) is 4.59. The summed E-state index contributed by atoms with van der Waals surface area (Å²) in [6, 6.07) is 12.4. The standard InChI is InChI=1S/C31H37FN2O5.C3H6/c1-18(2)34(19(3)4)17-23-14-25(20(5)12-26(23)27-15-29(38-7)33-16-28(27)32)31(37)39-24-10-8-9-22(13-24)11-21(6)30(35)36;1-2-3-1/h8-10,12-16,18-19,21H,11,17H2,1-7H3,(H,35,36);1-3H2. The van der Waals surface area contributed by atoms with Crippen molar-refractivity contribution in [2.45, 2.75) is 85.9 Å². The number of aliphatic carboxylic acids is 1. The maximum atomic E-state index is 15.0. The lowest BCUT2D eigenvalue weighted by atomic mass is 9.93. The average Bonchev–Trinajstić information content (AvgIpc) is 3.82. The third-order valence-corrected chi connectivity index (χ3v) is 7.11. The number of aromatic nitrogens is 1. The van der Waals surface area contributed by atoms with Crippen molar-refractivity contribution in [3.05, 3.63) is 76.7 Å². The van der Waals surface area contributed by atoms with Crippen molar-refractivity contribution in [2.24, 2.45) is 5.92 Å². The van der Waals surface area contributed by atoms with Gasteiger partial charge in [-0.2, -0.15) is 0 Å². The van der Waals surface area contributed by atoms with E-state index in [1.54, 1.807) is 56.3 Å². The molecule has 1 unspecified atom stereocenters. The van der Waals surface area contributed by atoms with Crippen molar-refractivity contribution >= 4 is 11.9 Å². The van der Waals surface area contributed by atoms with Gasteiger partial charge in [0.05, 0.1) is 24.8 Å². The number of carbonyl (C=O) groups is 2. The van der Waals surface area contributed by atoms with E-state index < -0.39 is 23.7 Å². The normalized spacial score (nSPS) is 13.0. The zero-order valence-electron chi connectivity index (χ0n) is 25.7. The Morgan fingerprint density at radius 1 is 1.00 bits per heavy atom. The van der Waals surface area contributed by atoms with Gasteiger partial charge in [-0.15, -0.1) is 0 Å². The summed E-state index contributed by atoms with van der Waals surface area (Å²) in [5.41, 5.74) is 3.52. The minimum atomic E-state index is -0.888. The van der Waals surface area contributed by atoms with Crippen LogP contribution in [0, 0.1) is 18.7 Å². The molecular weight excluding hydrogens is 535 g/mol. The second kappa shape index (κ2) is 14.9. The highest BCUT2D eigenvalue weighted by Crippen LogP contribution is 2.33. The van der Waals surface area contributed by atoms with Crippen molar-refractivity contribution < 1.29 is 28.6 Å². The van der Waals surface area contributed by atoms with Gasteiger partial charge < -0.3 is 14.6 Å². The van der Waals surface area contributed by atoms with Gasteiger partial charge in [-0.25, -0.2) is 14.2 Å². The summed E-state index contributed by atoms with van der Waals surface area (Å²) in [5.74, 6) is -1.86. The molecule has 0 bridgehead atoms. The summed E-state index contributed by atoms with van der Waals surface area (Å²) in [4.78, 5) is 30.8. The van der Waals surface area contributed by atoms with Gasteiger partial charge in [0.1, 0.15) is 11.6 Å². The number of methoxy groups -OCH3 is 1. The van der Waals surface area contributed by atoms with Crippen molar-refractivity contribution in [3.63, 3.8) is 0 Å². The van der Waals surface area contributed by atoms with Crippen LogP contribution in [0.3, 0.4) is 0 Å². The van der Waals surface area contributed by atoms with E-state index >= 15 is 4.39 Å². The lowest BCUT2D eigenvalue weighted by molar-refractivity contribution is -0.141. The van der Waals surface area contributed by atoms with Gasteiger partial charge in [-0.05, 0) is 81.5 Å². The Morgan fingerprint density at radius 2 is 1.67 bits per heavy atom. The van der Waals surface area contributed by atoms with Crippen LogP contribution in [-0.2, 0) is 17.8 Å². The maximum absolute atomic E-state index is 15.0. The second-order valence-corrected chi connectivity index (χ2v) is 11.4. The zero-order chi connectivity index (χ0) is 31.0. The molecular formula is C34H43FN2O5. The van der Waals surface area contributed by atoms with Crippen LogP contribution < -0.4 is 9.47 Å². The van der Waals surface area contributed by atoms with E-state index in [1.807, 2.05) is 0 Å². The van der Waals surface area contributed by atoms with Gasteiger partial charge >= 0.3 is 11.9 Å². The number of hydrogen-bond acceptors (Lipinski definition) is 6. The number of pyridine rings is 1. The van der Waals surface area contributed by atoms with Crippen LogP contribution in [0.25, 0.3) is 11.1 Å². The Morgan fingerprint density at radius 3 is 2.24 bits per heavy atom. The number of carboxylic acids is 1. The molecule has 4 rings (SSSR count). The molecule has 1 aromatic heterocycles. The summed E-state index contributed by atoms with van der Waals surface area (Å²) >= 11 is 0. The van der Waals surface area contributed by atoms with Crippen LogP contribution >= 0.6 is 0 Å². The summed E-state index contributed by atoms with van der Waals surface area (Å²) in [7, 11) is 1.48. The molecule has 1 aliphatic rings. The van der Waals surface area contributed by atoms with Crippen LogP contribution in [0.15, 0.2) is 48.7 Å². The fourth-order valence-electron chi connectivity index (χ4n) is 4.59. The second-order valence-electron chi connectivity index (χ2n) is 11.4. The molecule has 7 nitrogen and oxygen atoms in total.